The fraction of sp³-hybridized carbons (Fsp3) is 0.500. The van der Waals surface area contributed by atoms with Crippen molar-refractivity contribution in [1.29, 1.82) is 0 Å². The quantitative estimate of drug-likeness (QED) is 0.631. The van der Waals surface area contributed by atoms with Gasteiger partial charge in [-0.25, -0.2) is 4.98 Å². The predicted molar refractivity (Wildman–Crippen MR) is 79.2 cm³/mol. The maximum atomic E-state index is 12.2. The lowest BCUT2D eigenvalue weighted by molar-refractivity contribution is -0.126. The predicted octanol–water partition coefficient (Wildman–Crippen LogP) is 2.82. The van der Waals surface area contributed by atoms with Crippen LogP contribution in [0.5, 0.6) is 0 Å². The lowest BCUT2D eigenvalue weighted by Gasteiger charge is -2.27. The number of pyridine rings is 1. The Morgan fingerprint density at radius 2 is 2.26 bits per heavy atom. The molecular weight excluding hydrogens is 306 g/mol. The molecule has 1 aliphatic rings. The van der Waals surface area contributed by atoms with Gasteiger partial charge in [0.2, 0.25) is 0 Å². The highest BCUT2D eigenvalue weighted by Crippen LogP contribution is 2.24. The summed E-state index contributed by atoms with van der Waals surface area (Å²) in [5.41, 5.74) is 0.902. The first kappa shape index (κ1) is 14.2. The Morgan fingerprint density at radius 1 is 1.53 bits per heavy atom. The maximum Gasteiger partial charge on any atom is 0.265 e. The number of aliphatic imine (C=N–C) groups is 1. The molecule has 0 aromatic carbocycles. The third-order valence-corrected chi connectivity index (χ3v) is 3.83. The topological polar surface area (TPSA) is 45.6 Å². The van der Waals surface area contributed by atoms with Gasteiger partial charge in [-0.15, -0.1) is 0 Å². The molecule has 1 fully saturated rings. The molecule has 4 nitrogen and oxygen atoms in total. The van der Waals surface area contributed by atoms with E-state index in [1.54, 1.807) is 7.05 Å². The Bertz CT molecular complexity index is 470. The van der Waals surface area contributed by atoms with Crippen LogP contribution in [0, 0.1) is 0 Å². The smallest absolute Gasteiger partial charge is 0.265 e. The Morgan fingerprint density at radius 3 is 2.89 bits per heavy atom. The van der Waals surface area contributed by atoms with Crippen molar-refractivity contribution in [2.75, 3.05) is 7.05 Å². The molecule has 5 heteroatoms. The highest BCUT2D eigenvalue weighted by molar-refractivity contribution is 9.10. The van der Waals surface area contributed by atoms with Crippen molar-refractivity contribution in [3.63, 3.8) is 0 Å². The number of aromatic nitrogens is 1. The second-order valence-electron chi connectivity index (χ2n) is 4.74. The minimum absolute atomic E-state index is 0.0174. The summed E-state index contributed by atoms with van der Waals surface area (Å²) in [6, 6.07) is 6.10. The molecule has 0 N–H and O–H groups in total. The molecule has 0 spiro atoms. The number of hydrogen-bond donors (Lipinski definition) is 0. The number of hydrogen-bond acceptors (Lipinski definition) is 3. The van der Waals surface area contributed by atoms with E-state index in [1.165, 1.54) is 19.1 Å². The monoisotopic (exact) mass is 323 g/mol. The number of halogens is 1. The largest absolute Gasteiger partial charge is 0.329 e. The van der Waals surface area contributed by atoms with Crippen LogP contribution in [0.15, 0.2) is 27.8 Å². The van der Waals surface area contributed by atoms with Crippen molar-refractivity contribution in [3.05, 3.63) is 28.5 Å². The number of rotatable bonds is 4. The third kappa shape index (κ3) is 3.86. The summed E-state index contributed by atoms with van der Waals surface area (Å²) in [4.78, 5) is 22.3. The first-order valence-corrected chi connectivity index (χ1v) is 7.34. The molecule has 1 aromatic heterocycles. The molecule has 0 unspecified atom stereocenters. The minimum Gasteiger partial charge on any atom is -0.329 e. The van der Waals surface area contributed by atoms with E-state index in [0.29, 0.717) is 12.6 Å². The van der Waals surface area contributed by atoms with E-state index in [4.69, 9.17) is 0 Å². The van der Waals surface area contributed by atoms with Crippen molar-refractivity contribution in [2.24, 2.45) is 4.99 Å². The van der Waals surface area contributed by atoms with Crippen molar-refractivity contribution in [1.82, 2.24) is 9.88 Å². The minimum atomic E-state index is -0.0174. The SMILES string of the molecule is CN=CC(=O)N(Cc1cccc(Br)n1)C1CCCC1. The van der Waals surface area contributed by atoms with Crippen LogP contribution in [0.25, 0.3) is 0 Å². The summed E-state index contributed by atoms with van der Waals surface area (Å²) in [5.74, 6) is -0.0174. The lowest BCUT2D eigenvalue weighted by Crippen LogP contribution is -2.39. The van der Waals surface area contributed by atoms with Crippen LogP contribution in [-0.4, -0.2) is 35.1 Å². The molecule has 2 rings (SSSR count). The van der Waals surface area contributed by atoms with E-state index in [0.717, 1.165) is 23.1 Å². The van der Waals surface area contributed by atoms with Crippen LogP contribution < -0.4 is 0 Å². The van der Waals surface area contributed by atoms with Gasteiger partial charge in [-0.2, -0.15) is 0 Å². The van der Waals surface area contributed by atoms with E-state index >= 15 is 0 Å². The van der Waals surface area contributed by atoms with Gasteiger partial charge in [-0.05, 0) is 40.9 Å². The zero-order valence-electron chi connectivity index (χ0n) is 11.1. The molecule has 1 saturated carbocycles. The number of carbonyl (C=O) groups excluding carboxylic acids is 1. The summed E-state index contributed by atoms with van der Waals surface area (Å²) < 4.78 is 0.799. The number of amides is 1. The third-order valence-electron chi connectivity index (χ3n) is 3.39. The van der Waals surface area contributed by atoms with Crippen molar-refractivity contribution in [2.45, 2.75) is 38.3 Å². The van der Waals surface area contributed by atoms with Crippen LogP contribution in [0.3, 0.4) is 0 Å². The summed E-state index contributed by atoms with van der Waals surface area (Å²) in [5, 5.41) is 0. The molecule has 102 valence electrons. The highest BCUT2D eigenvalue weighted by atomic mass is 79.9. The average molecular weight is 324 g/mol. The Labute approximate surface area is 122 Å². The van der Waals surface area contributed by atoms with Crippen LogP contribution in [0.1, 0.15) is 31.4 Å². The van der Waals surface area contributed by atoms with Gasteiger partial charge >= 0.3 is 0 Å². The van der Waals surface area contributed by atoms with Crippen molar-refractivity contribution < 1.29 is 4.79 Å². The molecule has 0 bridgehead atoms. The first-order valence-electron chi connectivity index (χ1n) is 6.55. The van der Waals surface area contributed by atoms with Crippen molar-refractivity contribution >= 4 is 28.1 Å². The fourth-order valence-electron chi connectivity index (χ4n) is 2.50. The number of nitrogens with zero attached hydrogens (tertiary/aromatic N) is 3. The summed E-state index contributed by atoms with van der Waals surface area (Å²) >= 11 is 3.36. The standard InChI is InChI=1S/C14H18BrN3O/c1-16-9-14(19)18(12-6-2-3-7-12)10-11-5-4-8-13(15)17-11/h4-5,8-9,12H,2-3,6-7,10H2,1H3. The maximum absolute atomic E-state index is 12.2. The first-order chi connectivity index (χ1) is 9.20. The molecule has 1 amide bonds. The van der Waals surface area contributed by atoms with Crippen molar-refractivity contribution in [3.8, 4) is 0 Å². The normalized spacial score (nSPS) is 16.1. The lowest BCUT2D eigenvalue weighted by atomic mass is 10.2. The van der Waals surface area contributed by atoms with Gasteiger partial charge in [-0.1, -0.05) is 18.9 Å². The fourth-order valence-corrected chi connectivity index (χ4v) is 2.88. The Kier molecular flexibility index (Phi) is 5.07. The molecule has 0 atom stereocenters. The Balaban J connectivity index is 2.15. The molecular formula is C14H18BrN3O. The molecule has 1 aliphatic carbocycles. The zero-order chi connectivity index (χ0) is 13.7. The van der Waals surface area contributed by atoms with Gasteiger partial charge in [0, 0.05) is 13.1 Å². The van der Waals surface area contributed by atoms with Gasteiger partial charge in [0.05, 0.1) is 18.5 Å². The van der Waals surface area contributed by atoms with Crippen LogP contribution >= 0.6 is 15.9 Å². The molecule has 19 heavy (non-hydrogen) atoms. The van der Waals surface area contributed by atoms with Gasteiger partial charge in [0.25, 0.3) is 5.91 Å². The molecule has 1 aromatic rings. The second kappa shape index (κ2) is 6.80. The second-order valence-corrected chi connectivity index (χ2v) is 5.56. The summed E-state index contributed by atoms with van der Waals surface area (Å²) in [6.45, 7) is 0.551. The van der Waals surface area contributed by atoms with E-state index < -0.39 is 0 Å². The van der Waals surface area contributed by atoms with E-state index in [1.807, 2.05) is 23.1 Å². The Hall–Kier alpha value is -1.23. The summed E-state index contributed by atoms with van der Waals surface area (Å²) in [6.07, 6.45) is 5.96. The van der Waals surface area contributed by atoms with Crippen LogP contribution in [0.2, 0.25) is 0 Å². The zero-order valence-corrected chi connectivity index (χ0v) is 12.6. The van der Waals surface area contributed by atoms with Crippen LogP contribution in [0.4, 0.5) is 0 Å². The molecule has 0 radical (unpaired) electrons. The molecule has 0 saturated heterocycles. The van der Waals surface area contributed by atoms with Crippen LogP contribution in [-0.2, 0) is 11.3 Å². The molecule has 1 heterocycles. The summed E-state index contributed by atoms with van der Waals surface area (Å²) in [7, 11) is 1.63. The van der Waals surface area contributed by atoms with E-state index in [9.17, 15) is 4.79 Å². The van der Waals surface area contributed by atoms with Gasteiger partial charge in [0.15, 0.2) is 0 Å². The van der Waals surface area contributed by atoms with E-state index in [-0.39, 0.29) is 5.91 Å². The van der Waals surface area contributed by atoms with Gasteiger partial charge < -0.3 is 4.90 Å². The number of carbonyl (C=O) groups is 1. The average Bonchev–Trinajstić information content (AvgIpc) is 2.90. The highest BCUT2D eigenvalue weighted by Gasteiger charge is 2.26. The van der Waals surface area contributed by atoms with E-state index in [2.05, 4.69) is 25.9 Å². The van der Waals surface area contributed by atoms with Gasteiger partial charge in [0.1, 0.15) is 4.60 Å². The molecule has 0 aliphatic heterocycles. The van der Waals surface area contributed by atoms with Gasteiger partial charge in [-0.3, -0.25) is 9.79 Å².